The fraction of sp³-hybridized carbons (Fsp3) is 0.0588. The van der Waals surface area contributed by atoms with Crippen LogP contribution in [0.4, 0.5) is 0 Å². The molecule has 20 heavy (non-hydrogen) atoms. The first-order valence-corrected chi connectivity index (χ1v) is 8.81. The maximum Gasteiger partial charge on any atom is 0.286 e. The third-order valence-corrected chi connectivity index (χ3v) is 7.19. The Morgan fingerprint density at radius 3 is 1.55 bits per heavy atom. The molecule has 2 nitrogen and oxygen atoms in total. The van der Waals surface area contributed by atoms with Crippen molar-refractivity contribution >= 4 is 23.4 Å². The lowest BCUT2D eigenvalue weighted by molar-refractivity contribution is 1.23. The summed E-state index contributed by atoms with van der Waals surface area (Å²) in [4.78, 5) is 9.08. The zero-order chi connectivity index (χ0) is 13.8. The quantitative estimate of drug-likeness (QED) is 0.688. The predicted octanol–water partition coefficient (Wildman–Crippen LogP) is 2.40. The van der Waals surface area contributed by atoms with Gasteiger partial charge in [-0.2, -0.15) is 0 Å². The van der Waals surface area contributed by atoms with E-state index < -0.39 is 7.26 Å². The Labute approximate surface area is 119 Å². The van der Waals surface area contributed by atoms with Gasteiger partial charge in [0, 0.05) is 12.4 Å². The van der Waals surface area contributed by atoms with Crippen LogP contribution in [0.5, 0.6) is 0 Å². The Kier molecular flexibility index (Phi) is 3.58. The molecule has 98 valence electrons. The molecule has 0 saturated heterocycles. The first-order valence-electron chi connectivity index (χ1n) is 6.57. The minimum atomic E-state index is -1.75. The highest BCUT2D eigenvalue weighted by Crippen LogP contribution is 2.49. The molecule has 0 N–H and O–H groups in total. The van der Waals surface area contributed by atoms with E-state index in [1.807, 2.05) is 30.6 Å². The van der Waals surface area contributed by atoms with Crippen LogP contribution in [0, 0.1) is 0 Å². The van der Waals surface area contributed by atoms with Crippen molar-refractivity contribution < 1.29 is 0 Å². The van der Waals surface area contributed by atoms with Crippen molar-refractivity contribution in [3.63, 3.8) is 0 Å². The predicted molar refractivity (Wildman–Crippen MR) is 86.7 cm³/mol. The molecular formula is C17H16N2P+. The second-order valence-corrected chi connectivity index (χ2v) is 8.17. The normalized spacial score (nSPS) is 11.2. The van der Waals surface area contributed by atoms with Gasteiger partial charge >= 0.3 is 0 Å². The van der Waals surface area contributed by atoms with Crippen molar-refractivity contribution in [1.82, 2.24) is 9.97 Å². The van der Waals surface area contributed by atoms with Crippen molar-refractivity contribution in [3.05, 3.63) is 79.1 Å². The molecule has 0 amide bonds. The van der Waals surface area contributed by atoms with Crippen molar-refractivity contribution in [2.45, 2.75) is 0 Å². The first-order chi connectivity index (χ1) is 9.82. The number of benzene rings is 2. The fourth-order valence-corrected chi connectivity index (χ4v) is 5.25. The summed E-state index contributed by atoms with van der Waals surface area (Å²) in [6.45, 7) is 2.28. The standard InChI is InChI=1S/C17H16N2P/c1-20(15-9-4-2-5-10-15,16-11-6-3-7-12-16)17-18-13-8-14-19-17/h2-14H,1H3/q+1. The van der Waals surface area contributed by atoms with Gasteiger partial charge in [0.05, 0.1) is 6.66 Å². The molecule has 0 aliphatic rings. The second kappa shape index (κ2) is 5.52. The summed E-state index contributed by atoms with van der Waals surface area (Å²) in [7, 11) is -1.75. The van der Waals surface area contributed by atoms with Gasteiger partial charge in [-0.1, -0.05) is 36.4 Å². The maximum absolute atomic E-state index is 4.54. The van der Waals surface area contributed by atoms with Crippen molar-refractivity contribution in [3.8, 4) is 0 Å². The van der Waals surface area contributed by atoms with Gasteiger partial charge in [-0.3, -0.25) is 0 Å². The second-order valence-electron chi connectivity index (χ2n) is 4.73. The van der Waals surface area contributed by atoms with Gasteiger partial charge in [0.1, 0.15) is 17.9 Å². The van der Waals surface area contributed by atoms with Gasteiger partial charge < -0.3 is 0 Å². The minimum Gasteiger partial charge on any atom is -0.204 e. The van der Waals surface area contributed by atoms with Crippen LogP contribution in [0.15, 0.2) is 79.1 Å². The molecule has 1 aromatic heterocycles. The van der Waals surface area contributed by atoms with E-state index in [0.717, 1.165) is 5.57 Å². The molecule has 0 radical (unpaired) electrons. The molecule has 1 heterocycles. The van der Waals surface area contributed by atoms with Crippen molar-refractivity contribution in [2.24, 2.45) is 0 Å². The number of hydrogen-bond acceptors (Lipinski definition) is 2. The van der Waals surface area contributed by atoms with E-state index in [2.05, 4.69) is 65.2 Å². The fourth-order valence-electron chi connectivity index (χ4n) is 2.35. The number of rotatable bonds is 3. The molecule has 0 fully saturated rings. The average Bonchev–Trinajstić information content (AvgIpc) is 2.56. The average molecular weight is 279 g/mol. The Hall–Kier alpha value is -2.05. The van der Waals surface area contributed by atoms with Gasteiger partial charge in [0.2, 0.25) is 0 Å². The molecule has 3 heteroatoms. The van der Waals surface area contributed by atoms with Gasteiger partial charge in [-0.05, 0) is 30.3 Å². The van der Waals surface area contributed by atoms with E-state index in [-0.39, 0.29) is 0 Å². The highest BCUT2D eigenvalue weighted by molar-refractivity contribution is 7.94. The van der Waals surface area contributed by atoms with Crippen LogP contribution in [0.3, 0.4) is 0 Å². The molecule has 0 atom stereocenters. The van der Waals surface area contributed by atoms with Crippen LogP contribution in [0.25, 0.3) is 0 Å². The molecule has 0 aliphatic carbocycles. The van der Waals surface area contributed by atoms with E-state index >= 15 is 0 Å². The largest absolute Gasteiger partial charge is 0.286 e. The van der Waals surface area contributed by atoms with Crippen molar-refractivity contribution in [2.75, 3.05) is 6.66 Å². The zero-order valence-corrected chi connectivity index (χ0v) is 12.2. The molecule has 0 bridgehead atoms. The van der Waals surface area contributed by atoms with Crippen LogP contribution < -0.4 is 16.2 Å². The summed E-state index contributed by atoms with van der Waals surface area (Å²) in [5.41, 5.74) is 0.928. The summed E-state index contributed by atoms with van der Waals surface area (Å²) < 4.78 is 0. The molecule has 3 rings (SSSR count). The summed E-state index contributed by atoms with van der Waals surface area (Å²) in [6, 6.07) is 23.0. The molecule has 3 aromatic rings. The third-order valence-electron chi connectivity index (χ3n) is 3.50. The lowest BCUT2D eigenvalue weighted by Gasteiger charge is -2.20. The Balaban J connectivity index is 2.24. The highest BCUT2D eigenvalue weighted by atomic mass is 31.2. The summed E-state index contributed by atoms with van der Waals surface area (Å²) in [5, 5.41) is 2.61. The van der Waals surface area contributed by atoms with E-state index in [4.69, 9.17) is 0 Å². The Morgan fingerprint density at radius 2 is 1.10 bits per heavy atom. The maximum atomic E-state index is 4.54. The molecule has 2 aromatic carbocycles. The van der Waals surface area contributed by atoms with Crippen LogP contribution in [0.1, 0.15) is 0 Å². The minimum absolute atomic E-state index is 0.928. The van der Waals surface area contributed by atoms with Crippen LogP contribution in [-0.4, -0.2) is 16.6 Å². The van der Waals surface area contributed by atoms with Gasteiger partial charge in [0.25, 0.3) is 5.57 Å². The van der Waals surface area contributed by atoms with Crippen LogP contribution in [0.2, 0.25) is 0 Å². The smallest absolute Gasteiger partial charge is 0.204 e. The molecule has 0 saturated carbocycles. The van der Waals surface area contributed by atoms with E-state index in [1.54, 1.807) is 0 Å². The molecule has 0 spiro atoms. The number of aromatic nitrogens is 2. The van der Waals surface area contributed by atoms with Gasteiger partial charge in [0.15, 0.2) is 0 Å². The molecular weight excluding hydrogens is 263 g/mol. The van der Waals surface area contributed by atoms with E-state index in [9.17, 15) is 0 Å². The Morgan fingerprint density at radius 1 is 0.650 bits per heavy atom. The van der Waals surface area contributed by atoms with E-state index in [0.29, 0.717) is 0 Å². The van der Waals surface area contributed by atoms with Gasteiger partial charge in [-0.15, -0.1) is 0 Å². The van der Waals surface area contributed by atoms with Gasteiger partial charge in [-0.25, -0.2) is 9.97 Å². The summed E-state index contributed by atoms with van der Waals surface area (Å²) >= 11 is 0. The van der Waals surface area contributed by atoms with Crippen molar-refractivity contribution in [1.29, 1.82) is 0 Å². The molecule has 0 aliphatic heterocycles. The summed E-state index contributed by atoms with van der Waals surface area (Å²) in [6.07, 6.45) is 3.65. The first kappa shape index (κ1) is 13.0. The lowest BCUT2D eigenvalue weighted by Crippen LogP contribution is -2.33. The van der Waals surface area contributed by atoms with Crippen LogP contribution >= 0.6 is 7.26 Å². The lowest BCUT2D eigenvalue weighted by atomic mass is 10.4. The SMILES string of the molecule is C[P+](c1ccccc1)(c1ccccc1)c1ncccn1. The topological polar surface area (TPSA) is 25.8 Å². The monoisotopic (exact) mass is 279 g/mol. The zero-order valence-electron chi connectivity index (χ0n) is 11.3. The highest BCUT2D eigenvalue weighted by Gasteiger charge is 2.43. The molecule has 0 unspecified atom stereocenters. The number of hydrogen-bond donors (Lipinski definition) is 0. The number of nitrogens with zero attached hydrogens (tertiary/aromatic N) is 2. The van der Waals surface area contributed by atoms with Crippen LogP contribution in [-0.2, 0) is 0 Å². The summed E-state index contributed by atoms with van der Waals surface area (Å²) in [5.74, 6) is 0. The van der Waals surface area contributed by atoms with E-state index in [1.165, 1.54) is 10.6 Å². The Bertz CT molecular complexity index is 572. The third kappa shape index (κ3) is 2.23.